The van der Waals surface area contributed by atoms with Gasteiger partial charge in [0.25, 0.3) is 0 Å². The van der Waals surface area contributed by atoms with E-state index in [0.29, 0.717) is 11.3 Å². The van der Waals surface area contributed by atoms with E-state index >= 15 is 0 Å². The molecule has 1 aromatic heterocycles. The fraction of sp³-hybridized carbons (Fsp3) is 0.312. The summed E-state index contributed by atoms with van der Waals surface area (Å²) in [5.41, 5.74) is 1.53. The van der Waals surface area contributed by atoms with E-state index in [4.69, 9.17) is 9.15 Å². The van der Waals surface area contributed by atoms with Gasteiger partial charge < -0.3 is 9.15 Å². The molecule has 2 rings (SSSR count). The average Bonchev–Trinajstić information content (AvgIpc) is 2.90. The lowest BCUT2D eigenvalue weighted by Gasteiger charge is -2.22. The summed E-state index contributed by atoms with van der Waals surface area (Å²) in [6.45, 7) is 6.27. The van der Waals surface area contributed by atoms with Crippen LogP contribution in [0.1, 0.15) is 42.5 Å². The van der Waals surface area contributed by atoms with Gasteiger partial charge in [-0.15, -0.1) is 0 Å². The first-order chi connectivity index (χ1) is 8.93. The van der Waals surface area contributed by atoms with Gasteiger partial charge in [-0.3, -0.25) is 4.79 Å². The van der Waals surface area contributed by atoms with Crippen molar-refractivity contribution in [1.29, 1.82) is 0 Å². The van der Waals surface area contributed by atoms with E-state index in [1.807, 2.05) is 12.1 Å². The second-order valence-corrected chi connectivity index (χ2v) is 5.47. The number of ketones is 1. The summed E-state index contributed by atoms with van der Waals surface area (Å²) in [4.78, 5) is 12.3. The number of hydrogen-bond acceptors (Lipinski definition) is 3. The quantitative estimate of drug-likeness (QED) is 0.786. The number of ether oxygens (including phenoxy) is 1. The van der Waals surface area contributed by atoms with Crippen LogP contribution in [0.15, 0.2) is 41.0 Å². The predicted molar refractivity (Wildman–Crippen MR) is 73.8 cm³/mol. The Morgan fingerprint density at radius 1 is 1.21 bits per heavy atom. The van der Waals surface area contributed by atoms with Crippen molar-refractivity contribution in [3.8, 4) is 5.75 Å². The van der Waals surface area contributed by atoms with Crippen molar-refractivity contribution < 1.29 is 13.9 Å². The number of carbonyl (C=O) groups excluding carboxylic acids is 1. The van der Waals surface area contributed by atoms with Gasteiger partial charge >= 0.3 is 0 Å². The summed E-state index contributed by atoms with van der Waals surface area (Å²) in [5, 5.41) is 0. The molecule has 0 unspecified atom stereocenters. The van der Waals surface area contributed by atoms with Crippen molar-refractivity contribution >= 4 is 5.78 Å². The molecule has 0 fully saturated rings. The molecule has 0 spiro atoms. The third-order valence-electron chi connectivity index (χ3n) is 3.01. The molecule has 0 N–H and O–H groups in total. The highest BCUT2D eigenvalue weighted by Crippen LogP contribution is 2.32. The molecule has 1 heterocycles. The Morgan fingerprint density at radius 3 is 2.47 bits per heavy atom. The highest BCUT2D eigenvalue weighted by Gasteiger charge is 2.21. The molecule has 3 nitrogen and oxygen atoms in total. The summed E-state index contributed by atoms with van der Waals surface area (Å²) in [6, 6.07) is 8.85. The second kappa shape index (κ2) is 4.92. The summed E-state index contributed by atoms with van der Waals surface area (Å²) in [7, 11) is 1.64. The van der Waals surface area contributed by atoms with Crippen molar-refractivity contribution in [1.82, 2.24) is 0 Å². The van der Waals surface area contributed by atoms with Crippen LogP contribution in [0.25, 0.3) is 0 Å². The molecule has 0 saturated heterocycles. The molecule has 1 aromatic carbocycles. The van der Waals surface area contributed by atoms with Crippen LogP contribution < -0.4 is 4.74 Å². The van der Waals surface area contributed by atoms with Gasteiger partial charge in [-0.05, 0) is 35.7 Å². The minimum atomic E-state index is -0.113. The molecule has 0 amide bonds. The Balaban J connectivity index is 2.47. The lowest BCUT2D eigenvalue weighted by molar-refractivity contribution is 0.101. The molecule has 2 aromatic rings. The lowest BCUT2D eigenvalue weighted by atomic mass is 9.85. The molecular weight excluding hydrogens is 240 g/mol. The van der Waals surface area contributed by atoms with Crippen LogP contribution in [0.2, 0.25) is 0 Å². The maximum atomic E-state index is 12.3. The largest absolute Gasteiger partial charge is 0.496 e. The van der Waals surface area contributed by atoms with E-state index in [2.05, 4.69) is 20.8 Å². The molecule has 0 atom stereocenters. The Labute approximate surface area is 113 Å². The molecule has 19 heavy (non-hydrogen) atoms. The van der Waals surface area contributed by atoms with E-state index in [9.17, 15) is 4.79 Å². The Hall–Kier alpha value is -2.03. The fourth-order valence-corrected chi connectivity index (χ4v) is 1.99. The topological polar surface area (TPSA) is 39.4 Å². The minimum Gasteiger partial charge on any atom is -0.496 e. The van der Waals surface area contributed by atoms with Gasteiger partial charge in [0, 0.05) is 11.1 Å². The van der Waals surface area contributed by atoms with E-state index in [1.54, 1.807) is 25.3 Å². The van der Waals surface area contributed by atoms with Crippen LogP contribution in [0.5, 0.6) is 5.75 Å². The molecule has 0 aliphatic carbocycles. The van der Waals surface area contributed by atoms with Gasteiger partial charge in [-0.2, -0.15) is 0 Å². The number of hydrogen-bond donors (Lipinski definition) is 0. The summed E-state index contributed by atoms with van der Waals surface area (Å²) < 4.78 is 10.5. The van der Waals surface area contributed by atoms with E-state index in [-0.39, 0.29) is 11.2 Å². The number of furan rings is 1. The summed E-state index contributed by atoms with van der Waals surface area (Å²) in [5.74, 6) is 1.03. The monoisotopic (exact) mass is 258 g/mol. The van der Waals surface area contributed by atoms with Gasteiger partial charge in [0.1, 0.15) is 5.75 Å². The first-order valence-corrected chi connectivity index (χ1v) is 6.20. The Bertz CT molecular complexity index is 575. The van der Waals surface area contributed by atoms with Crippen LogP contribution in [0, 0.1) is 0 Å². The maximum Gasteiger partial charge on any atom is 0.228 e. The van der Waals surface area contributed by atoms with Crippen molar-refractivity contribution in [2.75, 3.05) is 7.11 Å². The van der Waals surface area contributed by atoms with Crippen LogP contribution in [0.4, 0.5) is 0 Å². The molecule has 0 radical (unpaired) electrons. The van der Waals surface area contributed by atoms with E-state index < -0.39 is 0 Å². The first kappa shape index (κ1) is 13.4. The van der Waals surface area contributed by atoms with Crippen molar-refractivity contribution in [3.05, 3.63) is 53.5 Å². The Morgan fingerprint density at radius 2 is 1.95 bits per heavy atom. The van der Waals surface area contributed by atoms with E-state index in [0.717, 1.165) is 11.3 Å². The molecule has 0 bridgehead atoms. The van der Waals surface area contributed by atoms with Gasteiger partial charge in [0.2, 0.25) is 5.78 Å². The number of methoxy groups -OCH3 is 1. The van der Waals surface area contributed by atoms with Crippen LogP contribution in [0.3, 0.4) is 0 Å². The first-order valence-electron chi connectivity index (χ1n) is 6.20. The minimum absolute atomic E-state index is 0.0925. The third-order valence-corrected chi connectivity index (χ3v) is 3.01. The summed E-state index contributed by atoms with van der Waals surface area (Å²) in [6.07, 6.45) is 1.50. The zero-order chi connectivity index (χ0) is 14.0. The molecule has 3 heteroatoms. The van der Waals surface area contributed by atoms with E-state index in [1.165, 1.54) is 6.26 Å². The lowest BCUT2D eigenvalue weighted by Crippen LogP contribution is -2.14. The normalized spacial score (nSPS) is 11.4. The molecule has 0 aliphatic rings. The summed E-state index contributed by atoms with van der Waals surface area (Å²) >= 11 is 0. The van der Waals surface area contributed by atoms with Crippen molar-refractivity contribution in [2.24, 2.45) is 0 Å². The SMILES string of the molecule is COc1ccc(C(=O)c2ccco2)cc1C(C)(C)C. The average molecular weight is 258 g/mol. The van der Waals surface area contributed by atoms with Gasteiger partial charge in [0.15, 0.2) is 5.76 Å². The van der Waals surface area contributed by atoms with Crippen molar-refractivity contribution in [2.45, 2.75) is 26.2 Å². The number of rotatable bonds is 3. The zero-order valence-electron chi connectivity index (χ0n) is 11.7. The molecule has 0 saturated carbocycles. The van der Waals surface area contributed by atoms with Gasteiger partial charge in [-0.25, -0.2) is 0 Å². The highest BCUT2D eigenvalue weighted by atomic mass is 16.5. The zero-order valence-corrected chi connectivity index (χ0v) is 11.7. The number of carbonyl (C=O) groups is 1. The molecule has 100 valence electrons. The Kier molecular flexibility index (Phi) is 3.47. The maximum absolute atomic E-state index is 12.3. The smallest absolute Gasteiger partial charge is 0.228 e. The second-order valence-electron chi connectivity index (χ2n) is 5.47. The predicted octanol–water partition coefficient (Wildman–Crippen LogP) is 3.82. The molecule has 0 aliphatic heterocycles. The molecular formula is C16H18O3. The van der Waals surface area contributed by atoms with Gasteiger partial charge in [-0.1, -0.05) is 20.8 Å². The van der Waals surface area contributed by atoms with Gasteiger partial charge in [0.05, 0.1) is 13.4 Å². The highest BCUT2D eigenvalue weighted by molar-refractivity contribution is 6.07. The van der Waals surface area contributed by atoms with Crippen LogP contribution in [-0.4, -0.2) is 12.9 Å². The fourth-order valence-electron chi connectivity index (χ4n) is 1.99. The van der Waals surface area contributed by atoms with Crippen LogP contribution >= 0.6 is 0 Å². The number of benzene rings is 1. The van der Waals surface area contributed by atoms with Crippen molar-refractivity contribution in [3.63, 3.8) is 0 Å². The standard InChI is InChI=1S/C16H18O3/c1-16(2,3)12-10-11(7-8-13(12)18-4)15(17)14-6-5-9-19-14/h5-10H,1-4H3. The third kappa shape index (κ3) is 2.70. The van der Waals surface area contributed by atoms with Crippen LogP contribution in [-0.2, 0) is 5.41 Å².